The summed E-state index contributed by atoms with van der Waals surface area (Å²) in [5.74, 6) is -1.60. The zero-order chi connectivity index (χ0) is 18.7. The maximum absolute atomic E-state index is 14.3. The van der Waals surface area contributed by atoms with Crippen LogP contribution in [0.4, 0.5) is 10.1 Å². The molecule has 0 spiro atoms. The molecule has 0 aliphatic rings. The van der Waals surface area contributed by atoms with Gasteiger partial charge in [-0.15, -0.1) is 0 Å². The van der Waals surface area contributed by atoms with Crippen LogP contribution in [0.2, 0.25) is 0 Å². The van der Waals surface area contributed by atoms with Crippen LogP contribution in [-0.4, -0.2) is 27.7 Å². The Bertz CT molecular complexity index is 981. The minimum Gasteiger partial charge on any atom is -0.350 e. The van der Waals surface area contributed by atoms with Crippen LogP contribution < -0.4 is 10.6 Å². The van der Waals surface area contributed by atoms with Crippen molar-refractivity contribution in [1.82, 2.24) is 14.7 Å². The van der Waals surface area contributed by atoms with Gasteiger partial charge in [-0.05, 0) is 43.2 Å². The predicted octanol–water partition coefficient (Wildman–Crippen LogP) is 2.85. The van der Waals surface area contributed by atoms with Crippen molar-refractivity contribution < 1.29 is 14.0 Å². The van der Waals surface area contributed by atoms with E-state index >= 15 is 0 Å². The standard InChI is InChI=1S/C19H19FN4O2/c1-12-4-3-5-14(10-12)22-16(25)8-9-21-19(26)17-18(20)24-11-13(2)6-7-15(24)23-17/h3-7,10-11H,8-9H2,1-2H3,(H,21,26)(H,22,25). The smallest absolute Gasteiger partial charge is 0.274 e. The molecule has 26 heavy (non-hydrogen) atoms. The van der Waals surface area contributed by atoms with Crippen molar-refractivity contribution in [2.24, 2.45) is 0 Å². The highest BCUT2D eigenvalue weighted by Crippen LogP contribution is 2.13. The quantitative estimate of drug-likeness (QED) is 0.740. The number of nitrogens with one attached hydrogen (secondary N) is 2. The number of anilines is 1. The summed E-state index contributed by atoms with van der Waals surface area (Å²) in [6.45, 7) is 3.84. The van der Waals surface area contributed by atoms with E-state index in [1.54, 1.807) is 24.4 Å². The van der Waals surface area contributed by atoms with Crippen molar-refractivity contribution >= 4 is 23.1 Å². The van der Waals surface area contributed by atoms with E-state index in [1.165, 1.54) is 4.40 Å². The van der Waals surface area contributed by atoms with E-state index < -0.39 is 11.9 Å². The monoisotopic (exact) mass is 354 g/mol. The Morgan fingerprint density at radius 3 is 2.73 bits per heavy atom. The zero-order valence-electron chi connectivity index (χ0n) is 14.5. The summed E-state index contributed by atoms with van der Waals surface area (Å²) in [5.41, 5.74) is 2.66. The van der Waals surface area contributed by atoms with Gasteiger partial charge in [0, 0.05) is 24.8 Å². The van der Waals surface area contributed by atoms with Gasteiger partial charge in [-0.1, -0.05) is 18.2 Å². The molecule has 0 saturated carbocycles. The van der Waals surface area contributed by atoms with Crippen LogP contribution in [0, 0.1) is 19.8 Å². The molecule has 0 fully saturated rings. The number of amides is 2. The molecular formula is C19H19FN4O2. The number of hydrogen-bond acceptors (Lipinski definition) is 3. The van der Waals surface area contributed by atoms with Gasteiger partial charge in [0.1, 0.15) is 5.65 Å². The van der Waals surface area contributed by atoms with E-state index in [0.717, 1.165) is 11.1 Å². The molecule has 0 bridgehead atoms. The molecule has 0 radical (unpaired) electrons. The molecule has 6 nitrogen and oxygen atoms in total. The van der Waals surface area contributed by atoms with E-state index in [1.807, 2.05) is 32.0 Å². The Hall–Kier alpha value is -3.22. The van der Waals surface area contributed by atoms with E-state index in [2.05, 4.69) is 15.6 Å². The lowest BCUT2D eigenvalue weighted by Crippen LogP contribution is -2.28. The highest BCUT2D eigenvalue weighted by molar-refractivity contribution is 5.94. The van der Waals surface area contributed by atoms with Crippen LogP contribution in [0.3, 0.4) is 0 Å². The maximum Gasteiger partial charge on any atom is 0.274 e. The van der Waals surface area contributed by atoms with E-state index in [0.29, 0.717) is 11.3 Å². The highest BCUT2D eigenvalue weighted by atomic mass is 19.1. The molecule has 0 atom stereocenters. The van der Waals surface area contributed by atoms with Crippen molar-refractivity contribution in [3.05, 3.63) is 65.4 Å². The predicted molar refractivity (Wildman–Crippen MR) is 96.6 cm³/mol. The number of benzene rings is 1. The second kappa shape index (κ2) is 7.35. The number of hydrogen-bond donors (Lipinski definition) is 2. The summed E-state index contributed by atoms with van der Waals surface area (Å²) < 4.78 is 15.6. The first-order chi connectivity index (χ1) is 12.4. The average Bonchev–Trinajstić information content (AvgIpc) is 2.91. The van der Waals surface area contributed by atoms with Gasteiger partial charge in [-0.25, -0.2) is 4.98 Å². The largest absolute Gasteiger partial charge is 0.350 e. The SMILES string of the molecule is Cc1cccc(NC(=O)CCNC(=O)c2nc3ccc(C)cn3c2F)c1. The Labute approximate surface area is 150 Å². The van der Waals surface area contributed by atoms with Gasteiger partial charge in [0.05, 0.1) is 0 Å². The Morgan fingerprint density at radius 1 is 1.15 bits per heavy atom. The van der Waals surface area contributed by atoms with Crippen molar-refractivity contribution in [3.8, 4) is 0 Å². The molecule has 2 N–H and O–H groups in total. The van der Waals surface area contributed by atoms with Crippen molar-refractivity contribution in [2.45, 2.75) is 20.3 Å². The second-order valence-electron chi connectivity index (χ2n) is 6.11. The summed E-state index contributed by atoms with van der Waals surface area (Å²) in [7, 11) is 0. The molecule has 0 saturated heterocycles. The number of carbonyl (C=O) groups excluding carboxylic acids is 2. The normalized spacial score (nSPS) is 10.7. The lowest BCUT2D eigenvalue weighted by Gasteiger charge is -2.06. The first-order valence-electron chi connectivity index (χ1n) is 8.23. The zero-order valence-corrected chi connectivity index (χ0v) is 14.5. The van der Waals surface area contributed by atoms with Crippen LogP contribution in [0.1, 0.15) is 28.0 Å². The molecular weight excluding hydrogens is 335 g/mol. The Kier molecular flexibility index (Phi) is 4.97. The summed E-state index contributed by atoms with van der Waals surface area (Å²) >= 11 is 0. The number of imidazole rings is 1. The number of pyridine rings is 1. The third-order valence-electron chi connectivity index (χ3n) is 3.86. The van der Waals surface area contributed by atoms with Gasteiger partial charge in [0.25, 0.3) is 5.91 Å². The molecule has 2 heterocycles. The van der Waals surface area contributed by atoms with Gasteiger partial charge < -0.3 is 10.6 Å². The average molecular weight is 354 g/mol. The molecule has 7 heteroatoms. The van der Waals surface area contributed by atoms with Crippen LogP contribution in [0.15, 0.2) is 42.6 Å². The first-order valence-corrected chi connectivity index (χ1v) is 8.23. The highest BCUT2D eigenvalue weighted by Gasteiger charge is 2.19. The second-order valence-corrected chi connectivity index (χ2v) is 6.11. The van der Waals surface area contributed by atoms with Gasteiger partial charge in [-0.3, -0.25) is 14.0 Å². The molecule has 3 rings (SSSR count). The summed E-state index contributed by atoms with van der Waals surface area (Å²) in [6.07, 6.45) is 1.65. The van der Waals surface area contributed by atoms with Crippen LogP contribution in [0.25, 0.3) is 5.65 Å². The minimum absolute atomic E-state index is 0.0772. The first kappa shape index (κ1) is 17.6. The van der Waals surface area contributed by atoms with Gasteiger partial charge in [0.15, 0.2) is 5.69 Å². The lowest BCUT2D eigenvalue weighted by molar-refractivity contribution is -0.116. The molecule has 0 unspecified atom stereocenters. The molecule has 2 aromatic heterocycles. The summed E-state index contributed by atoms with van der Waals surface area (Å²) in [4.78, 5) is 28.1. The number of carbonyl (C=O) groups is 2. The fourth-order valence-corrected chi connectivity index (χ4v) is 2.59. The van der Waals surface area contributed by atoms with Crippen LogP contribution in [0.5, 0.6) is 0 Å². The fourth-order valence-electron chi connectivity index (χ4n) is 2.59. The topological polar surface area (TPSA) is 75.5 Å². The van der Waals surface area contributed by atoms with Crippen molar-refractivity contribution in [3.63, 3.8) is 0 Å². The number of aryl methyl sites for hydroxylation is 2. The third-order valence-corrected chi connectivity index (χ3v) is 3.86. The number of rotatable bonds is 5. The molecule has 0 aliphatic carbocycles. The Morgan fingerprint density at radius 2 is 1.96 bits per heavy atom. The van der Waals surface area contributed by atoms with Crippen LogP contribution in [-0.2, 0) is 4.79 Å². The third kappa shape index (κ3) is 3.88. The van der Waals surface area contributed by atoms with Gasteiger partial charge in [0.2, 0.25) is 11.9 Å². The number of nitrogens with zero attached hydrogens (tertiary/aromatic N) is 2. The lowest BCUT2D eigenvalue weighted by atomic mass is 10.2. The van der Waals surface area contributed by atoms with E-state index in [-0.39, 0.29) is 24.6 Å². The van der Waals surface area contributed by atoms with E-state index in [9.17, 15) is 14.0 Å². The maximum atomic E-state index is 14.3. The molecule has 2 amide bonds. The molecule has 3 aromatic rings. The Balaban J connectivity index is 1.57. The van der Waals surface area contributed by atoms with Gasteiger partial charge >= 0.3 is 0 Å². The summed E-state index contributed by atoms with van der Waals surface area (Å²) in [5, 5.41) is 5.28. The minimum atomic E-state index is -0.717. The number of aromatic nitrogens is 2. The van der Waals surface area contributed by atoms with E-state index in [4.69, 9.17) is 0 Å². The molecule has 134 valence electrons. The van der Waals surface area contributed by atoms with Gasteiger partial charge in [-0.2, -0.15) is 4.39 Å². The van der Waals surface area contributed by atoms with Crippen LogP contribution >= 0.6 is 0 Å². The molecule has 0 aliphatic heterocycles. The number of halogens is 1. The molecule has 1 aromatic carbocycles. The summed E-state index contributed by atoms with van der Waals surface area (Å²) in [6, 6.07) is 10.9. The van der Waals surface area contributed by atoms with Crippen molar-refractivity contribution in [2.75, 3.05) is 11.9 Å². The fraction of sp³-hybridized carbons (Fsp3) is 0.211. The number of fused-ring (bicyclic) bond motifs is 1. The van der Waals surface area contributed by atoms with Crippen molar-refractivity contribution in [1.29, 1.82) is 0 Å².